The van der Waals surface area contributed by atoms with Crippen LogP contribution in [0.1, 0.15) is 39.2 Å². The zero-order chi connectivity index (χ0) is 23.4. The van der Waals surface area contributed by atoms with Crippen LogP contribution < -0.4 is 19.5 Å². The first-order valence-electron chi connectivity index (χ1n) is 10.6. The van der Waals surface area contributed by atoms with Gasteiger partial charge in [-0.3, -0.25) is 4.79 Å². The van der Waals surface area contributed by atoms with E-state index in [1.54, 1.807) is 51.0 Å². The summed E-state index contributed by atoms with van der Waals surface area (Å²) in [5.41, 5.74) is 3.17. The molecule has 0 aliphatic heterocycles. The third-order valence-electron chi connectivity index (χ3n) is 5.48. The molecule has 172 valence electrons. The number of halogens is 1. The molecule has 8 heteroatoms. The Hall–Kier alpha value is -3.03. The molecule has 4 rings (SSSR count). The van der Waals surface area contributed by atoms with Crippen molar-refractivity contribution in [3.63, 3.8) is 0 Å². The molecule has 1 N–H and O–H groups in total. The number of benzene rings is 2. The molecule has 0 atom stereocenters. The lowest BCUT2D eigenvalue weighted by Crippen LogP contribution is -2.14. The zero-order valence-electron chi connectivity index (χ0n) is 18.7. The summed E-state index contributed by atoms with van der Waals surface area (Å²) in [6, 6.07) is 10.8. The van der Waals surface area contributed by atoms with Crippen LogP contribution in [-0.2, 0) is 12.8 Å². The van der Waals surface area contributed by atoms with Crippen LogP contribution in [0.5, 0.6) is 17.2 Å². The summed E-state index contributed by atoms with van der Waals surface area (Å²) in [7, 11) is 4.71. The van der Waals surface area contributed by atoms with Crippen molar-refractivity contribution in [2.45, 2.75) is 25.7 Å². The molecule has 0 saturated heterocycles. The number of hydrogen-bond donors (Lipinski definition) is 1. The molecule has 33 heavy (non-hydrogen) atoms. The minimum absolute atomic E-state index is 0.172. The van der Waals surface area contributed by atoms with Crippen molar-refractivity contribution in [2.75, 3.05) is 26.6 Å². The molecular weight excluding hydrogens is 460 g/mol. The molecule has 1 heterocycles. The van der Waals surface area contributed by atoms with E-state index in [4.69, 9.17) is 30.8 Å². The molecule has 0 saturated carbocycles. The maximum absolute atomic E-state index is 13.3. The van der Waals surface area contributed by atoms with Crippen molar-refractivity contribution in [2.24, 2.45) is 4.99 Å². The Morgan fingerprint density at radius 2 is 1.79 bits per heavy atom. The van der Waals surface area contributed by atoms with Crippen molar-refractivity contribution in [3.8, 4) is 17.2 Å². The first-order valence-corrected chi connectivity index (χ1v) is 11.8. The highest BCUT2D eigenvalue weighted by atomic mass is 35.5. The van der Waals surface area contributed by atoms with Gasteiger partial charge in [0.2, 0.25) is 5.75 Å². The fraction of sp³-hybridized carbons (Fsp3) is 0.280. The molecule has 1 aromatic heterocycles. The topological polar surface area (TPSA) is 69.2 Å². The average Bonchev–Trinajstić information content (AvgIpc) is 3.20. The number of ether oxygens (including phenoxy) is 3. The van der Waals surface area contributed by atoms with Gasteiger partial charge in [0.25, 0.3) is 5.91 Å². The number of amides is 1. The van der Waals surface area contributed by atoms with Crippen LogP contribution in [0.3, 0.4) is 0 Å². The number of hydrogen-bond acceptors (Lipinski definition) is 6. The van der Waals surface area contributed by atoms with Gasteiger partial charge >= 0.3 is 0 Å². The van der Waals surface area contributed by atoms with Crippen molar-refractivity contribution in [1.82, 2.24) is 0 Å². The summed E-state index contributed by atoms with van der Waals surface area (Å²) in [4.78, 5) is 19.3. The Kier molecular flexibility index (Phi) is 7.20. The third kappa shape index (κ3) is 4.99. The molecule has 1 aliphatic carbocycles. The van der Waals surface area contributed by atoms with Crippen molar-refractivity contribution in [3.05, 3.63) is 63.0 Å². The van der Waals surface area contributed by atoms with Gasteiger partial charge in [0.15, 0.2) is 11.5 Å². The first kappa shape index (κ1) is 23.1. The lowest BCUT2D eigenvalue weighted by Gasteiger charge is -2.13. The molecule has 0 fully saturated rings. The molecule has 2 aromatic carbocycles. The molecular formula is C25H25ClN2O4S. The smallest absolute Gasteiger partial charge is 0.259 e. The van der Waals surface area contributed by atoms with Crippen molar-refractivity contribution < 1.29 is 19.0 Å². The molecule has 0 bridgehead atoms. The van der Waals surface area contributed by atoms with E-state index >= 15 is 0 Å². The lowest BCUT2D eigenvalue weighted by molar-refractivity contribution is 0.102. The number of anilines is 1. The van der Waals surface area contributed by atoms with Gasteiger partial charge in [0, 0.05) is 27.4 Å². The van der Waals surface area contributed by atoms with Crippen LogP contribution in [0.25, 0.3) is 0 Å². The summed E-state index contributed by atoms with van der Waals surface area (Å²) in [6.07, 6.45) is 5.76. The van der Waals surface area contributed by atoms with Crippen molar-refractivity contribution in [1.29, 1.82) is 0 Å². The number of aliphatic imine (C=N–C) groups is 1. The highest BCUT2D eigenvalue weighted by Crippen LogP contribution is 2.41. The first-order chi connectivity index (χ1) is 16.0. The maximum atomic E-state index is 13.3. The number of aryl methyl sites for hydroxylation is 1. The van der Waals surface area contributed by atoms with Gasteiger partial charge in [-0.1, -0.05) is 17.7 Å². The second-order valence-electron chi connectivity index (χ2n) is 7.57. The van der Waals surface area contributed by atoms with E-state index in [-0.39, 0.29) is 5.91 Å². The van der Waals surface area contributed by atoms with Crippen LogP contribution in [0, 0.1) is 0 Å². The van der Waals surface area contributed by atoms with Crippen molar-refractivity contribution >= 4 is 45.7 Å². The number of rotatable bonds is 7. The summed E-state index contributed by atoms with van der Waals surface area (Å²) < 4.78 is 16.3. The van der Waals surface area contributed by atoms with Crippen LogP contribution in [-0.4, -0.2) is 33.5 Å². The minimum atomic E-state index is -0.172. The van der Waals surface area contributed by atoms with E-state index in [1.165, 1.54) is 4.88 Å². The fourth-order valence-electron chi connectivity index (χ4n) is 3.95. The summed E-state index contributed by atoms with van der Waals surface area (Å²) in [5, 5.41) is 4.24. The van der Waals surface area contributed by atoms with Gasteiger partial charge in [0.05, 0.1) is 26.9 Å². The standard InChI is InChI=1S/C25H25ClN2O4S/c1-30-19-11-15(12-20(31-2)23(19)32-3)14-27-25-22(18-9-4-5-10-21(18)33-25)24(29)28-17-8-6-7-16(26)13-17/h6-8,11-14H,4-5,9-10H2,1-3H3,(H,28,29). The monoisotopic (exact) mass is 484 g/mol. The Balaban J connectivity index is 1.70. The molecule has 0 spiro atoms. The quantitative estimate of drug-likeness (QED) is 0.399. The number of nitrogens with zero attached hydrogens (tertiary/aromatic N) is 1. The van der Waals surface area contributed by atoms with E-state index in [0.29, 0.717) is 38.5 Å². The van der Waals surface area contributed by atoms with Gasteiger partial charge in [-0.25, -0.2) is 4.99 Å². The molecule has 6 nitrogen and oxygen atoms in total. The van der Waals surface area contributed by atoms with Crippen LogP contribution in [0.2, 0.25) is 5.02 Å². The van der Waals surface area contributed by atoms with Gasteiger partial charge in [0.1, 0.15) is 5.00 Å². The SMILES string of the molecule is COc1cc(C=Nc2sc3c(c2C(=O)Nc2cccc(Cl)c2)CCCC3)cc(OC)c1OC. The normalized spacial score (nSPS) is 13.0. The summed E-state index contributed by atoms with van der Waals surface area (Å²) >= 11 is 7.67. The third-order valence-corrected chi connectivity index (χ3v) is 6.92. The fourth-order valence-corrected chi connectivity index (χ4v) is 5.37. The second-order valence-corrected chi connectivity index (χ2v) is 9.09. The molecule has 1 aliphatic rings. The van der Waals surface area contributed by atoms with Gasteiger partial charge < -0.3 is 19.5 Å². The predicted molar refractivity (Wildman–Crippen MR) is 134 cm³/mol. The molecule has 0 radical (unpaired) electrons. The Morgan fingerprint density at radius 3 is 2.45 bits per heavy atom. The second kappa shape index (κ2) is 10.3. The van der Waals surface area contributed by atoms with Crippen LogP contribution in [0.15, 0.2) is 41.4 Å². The Morgan fingerprint density at radius 1 is 1.06 bits per heavy atom. The number of nitrogens with one attached hydrogen (secondary N) is 1. The van der Waals surface area contributed by atoms with E-state index < -0.39 is 0 Å². The highest BCUT2D eigenvalue weighted by Gasteiger charge is 2.25. The highest BCUT2D eigenvalue weighted by molar-refractivity contribution is 7.16. The van der Waals surface area contributed by atoms with Gasteiger partial charge in [-0.05, 0) is 61.6 Å². The van der Waals surface area contributed by atoms with Crippen LogP contribution in [0.4, 0.5) is 10.7 Å². The Bertz CT molecular complexity index is 1180. The van der Waals surface area contributed by atoms with E-state index in [1.807, 2.05) is 24.3 Å². The maximum Gasteiger partial charge on any atom is 0.259 e. The van der Waals surface area contributed by atoms with E-state index in [0.717, 1.165) is 36.8 Å². The molecule has 0 unspecified atom stereocenters. The number of fused-ring (bicyclic) bond motifs is 1. The number of methoxy groups -OCH3 is 3. The van der Waals surface area contributed by atoms with Gasteiger partial charge in [-0.15, -0.1) is 11.3 Å². The number of thiophene rings is 1. The largest absolute Gasteiger partial charge is 0.493 e. The zero-order valence-corrected chi connectivity index (χ0v) is 20.3. The van der Waals surface area contributed by atoms with E-state index in [2.05, 4.69) is 5.32 Å². The van der Waals surface area contributed by atoms with Gasteiger partial charge in [-0.2, -0.15) is 0 Å². The molecule has 1 amide bonds. The molecule has 3 aromatic rings. The predicted octanol–water partition coefficient (Wildman–Crippen LogP) is 6.31. The van der Waals surface area contributed by atoms with E-state index in [9.17, 15) is 4.79 Å². The Labute approximate surface area is 202 Å². The lowest BCUT2D eigenvalue weighted by atomic mass is 9.95. The summed E-state index contributed by atoms with van der Waals surface area (Å²) in [5.74, 6) is 1.43. The summed E-state index contributed by atoms with van der Waals surface area (Å²) in [6.45, 7) is 0. The minimum Gasteiger partial charge on any atom is -0.493 e. The van der Waals surface area contributed by atoms with Crippen LogP contribution >= 0.6 is 22.9 Å². The average molecular weight is 485 g/mol. The number of carbonyl (C=O) groups excluding carboxylic acids is 1. The number of carbonyl (C=O) groups is 1.